The van der Waals surface area contributed by atoms with Crippen LogP contribution < -0.4 is 5.32 Å². The van der Waals surface area contributed by atoms with E-state index in [2.05, 4.69) is 19.2 Å². The number of carbonyl (C=O) groups excluding carboxylic acids is 1. The molecule has 0 fully saturated rings. The summed E-state index contributed by atoms with van der Waals surface area (Å²) < 4.78 is 32.1. The molecule has 4 N–H and O–H groups in total. The Bertz CT molecular complexity index is 613. The predicted molar refractivity (Wildman–Crippen MR) is 149 cm³/mol. The zero-order valence-corrected chi connectivity index (χ0v) is 24.1. The standard InChI is InChI=1S/C28H57NO6S/c1-3-5-7-9-11-13-14-15-17-19-21-23-27(31)28(32)29-25(24-36(33,34)35)26(30)22-20-18-16-12-10-8-6-4-2/h25-27,30-31H,3-24H2,1-2H3,(H,29,32)(H,33,34,35). The average Bonchev–Trinajstić information content (AvgIpc) is 2.82. The number of hydrogen-bond acceptors (Lipinski definition) is 5. The van der Waals surface area contributed by atoms with Gasteiger partial charge in [-0.1, -0.05) is 136 Å². The lowest BCUT2D eigenvalue weighted by Crippen LogP contribution is -2.50. The molecular weight excluding hydrogens is 478 g/mol. The van der Waals surface area contributed by atoms with Crippen molar-refractivity contribution in [2.75, 3.05) is 5.75 Å². The van der Waals surface area contributed by atoms with E-state index in [1.165, 1.54) is 70.6 Å². The summed E-state index contributed by atoms with van der Waals surface area (Å²) in [4.78, 5) is 12.4. The molecule has 3 atom stereocenters. The predicted octanol–water partition coefficient (Wildman–Crippen LogP) is 6.31. The second-order valence-corrected chi connectivity index (χ2v) is 12.0. The molecule has 0 aromatic carbocycles. The number of carbonyl (C=O) groups is 1. The van der Waals surface area contributed by atoms with E-state index in [4.69, 9.17) is 0 Å². The van der Waals surface area contributed by atoms with Crippen LogP contribution in [0, 0.1) is 0 Å². The second-order valence-electron chi connectivity index (χ2n) is 10.5. The highest BCUT2D eigenvalue weighted by molar-refractivity contribution is 7.85. The SMILES string of the molecule is CCCCCCCCCCCCCC(O)C(=O)NC(CS(=O)(=O)O)C(O)CCCCCCCCCC. The number of aliphatic hydroxyl groups excluding tert-OH is 2. The van der Waals surface area contributed by atoms with Crippen molar-refractivity contribution >= 4 is 16.0 Å². The summed E-state index contributed by atoms with van der Waals surface area (Å²) in [5.74, 6) is -1.45. The second kappa shape index (κ2) is 23.4. The van der Waals surface area contributed by atoms with Crippen LogP contribution in [0.15, 0.2) is 0 Å². The van der Waals surface area contributed by atoms with Gasteiger partial charge in [-0.15, -0.1) is 0 Å². The molecule has 3 unspecified atom stereocenters. The lowest BCUT2D eigenvalue weighted by molar-refractivity contribution is -0.131. The molecule has 0 aromatic heterocycles. The Labute approximate surface area is 222 Å². The third-order valence-corrected chi connectivity index (χ3v) is 7.70. The van der Waals surface area contributed by atoms with E-state index in [0.717, 1.165) is 44.9 Å². The minimum Gasteiger partial charge on any atom is -0.391 e. The van der Waals surface area contributed by atoms with Gasteiger partial charge in [0.1, 0.15) is 6.10 Å². The molecule has 36 heavy (non-hydrogen) atoms. The minimum atomic E-state index is -4.38. The van der Waals surface area contributed by atoms with Crippen molar-refractivity contribution < 1.29 is 28.0 Å². The van der Waals surface area contributed by atoms with E-state index in [-0.39, 0.29) is 0 Å². The molecule has 0 saturated heterocycles. The molecule has 0 radical (unpaired) electrons. The molecule has 0 aliphatic carbocycles. The fraction of sp³-hybridized carbons (Fsp3) is 0.964. The van der Waals surface area contributed by atoms with Crippen molar-refractivity contribution in [2.24, 2.45) is 0 Å². The summed E-state index contributed by atoms with van der Waals surface area (Å²) in [5, 5.41) is 23.2. The summed E-state index contributed by atoms with van der Waals surface area (Å²) in [5.41, 5.74) is 0. The molecule has 0 aromatic rings. The Morgan fingerprint density at radius 3 is 1.39 bits per heavy atom. The Morgan fingerprint density at radius 2 is 1.00 bits per heavy atom. The zero-order valence-electron chi connectivity index (χ0n) is 23.3. The highest BCUT2D eigenvalue weighted by Gasteiger charge is 2.28. The zero-order chi connectivity index (χ0) is 27.1. The van der Waals surface area contributed by atoms with Crippen molar-refractivity contribution in [3.63, 3.8) is 0 Å². The fourth-order valence-corrected chi connectivity index (χ4v) is 5.34. The Kier molecular flexibility index (Phi) is 23.0. The smallest absolute Gasteiger partial charge is 0.266 e. The van der Waals surface area contributed by atoms with Crippen molar-refractivity contribution in [1.29, 1.82) is 0 Å². The summed E-state index contributed by atoms with van der Waals surface area (Å²) in [6, 6.07) is -1.14. The molecule has 216 valence electrons. The summed E-state index contributed by atoms with van der Waals surface area (Å²) in [6.45, 7) is 4.40. The maximum Gasteiger partial charge on any atom is 0.266 e. The third-order valence-electron chi connectivity index (χ3n) is 6.92. The lowest BCUT2D eigenvalue weighted by Gasteiger charge is -2.24. The maximum atomic E-state index is 12.4. The Hall–Kier alpha value is -0.700. The quantitative estimate of drug-likeness (QED) is 0.0760. The van der Waals surface area contributed by atoms with Crippen LogP contribution in [0.1, 0.15) is 149 Å². The number of amides is 1. The van der Waals surface area contributed by atoms with E-state index in [0.29, 0.717) is 19.3 Å². The minimum absolute atomic E-state index is 0.301. The van der Waals surface area contributed by atoms with Crippen LogP contribution in [0.2, 0.25) is 0 Å². The molecule has 7 nitrogen and oxygen atoms in total. The Balaban J connectivity index is 4.18. The first-order valence-corrected chi connectivity index (χ1v) is 16.4. The van der Waals surface area contributed by atoms with Gasteiger partial charge in [0, 0.05) is 0 Å². The van der Waals surface area contributed by atoms with Crippen LogP contribution in [0.4, 0.5) is 0 Å². The molecule has 0 spiro atoms. The van der Waals surface area contributed by atoms with Crippen LogP contribution in [-0.2, 0) is 14.9 Å². The first kappa shape index (κ1) is 35.3. The number of aliphatic hydroxyl groups is 2. The molecule has 8 heteroatoms. The molecular formula is C28H57NO6S. The van der Waals surface area contributed by atoms with E-state index < -0.39 is 40.0 Å². The first-order chi connectivity index (χ1) is 17.2. The fourth-order valence-electron chi connectivity index (χ4n) is 4.58. The monoisotopic (exact) mass is 535 g/mol. The average molecular weight is 536 g/mol. The largest absolute Gasteiger partial charge is 0.391 e. The molecule has 0 heterocycles. The number of unbranched alkanes of at least 4 members (excludes halogenated alkanes) is 17. The van der Waals surface area contributed by atoms with Gasteiger partial charge in [-0.05, 0) is 12.8 Å². The van der Waals surface area contributed by atoms with Crippen LogP contribution in [0.25, 0.3) is 0 Å². The van der Waals surface area contributed by atoms with Gasteiger partial charge in [0.2, 0.25) is 5.91 Å². The number of hydrogen-bond donors (Lipinski definition) is 4. The van der Waals surface area contributed by atoms with Gasteiger partial charge in [-0.25, -0.2) is 0 Å². The first-order valence-electron chi connectivity index (χ1n) is 14.8. The van der Waals surface area contributed by atoms with E-state index >= 15 is 0 Å². The summed E-state index contributed by atoms with van der Waals surface area (Å²) in [6.07, 6.45) is 20.0. The van der Waals surface area contributed by atoms with Gasteiger partial charge in [0.15, 0.2) is 0 Å². The van der Waals surface area contributed by atoms with Crippen LogP contribution in [0.5, 0.6) is 0 Å². The van der Waals surface area contributed by atoms with Gasteiger partial charge in [0.25, 0.3) is 10.1 Å². The van der Waals surface area contributed by atoms with Crippen LogP contribution >= 0.6 is 0 Å². The molecule has 0 saturated carbocycles. The maximum absolute atomic E-state index is 12.4. The molecule has 1 amide bonds. The highest BCUT2D eigenvalue weighted by atomic mass is 32.2. The van der Waals surface area contributed by atoms with Crippen molar-refractivity contribution in [2.45, 2.75) is 167 Å². The summed E-state index contributed by atoms with van der Waals surface area (Å²) in [7, 11) is -4.38. The van der Waals surface area contributed by atoms with Gasteiger partial charge in [-0.2, -0.15) is 8.42 Å². The molecule has 0 aliphatic heterocycles. The van der Waals surface area contributed by atoms with E-state index in [9.17, 15) is 28.0 Å². The van der Waals surface area contributed by atoms with Crippen LogP contribution in [0.3, 0.4) is 0 Å². The number of nitrogens with one attached hydrogen (secondary N) is 1. The van der Waals surface area contributed by atoms with Gasteiger partial charge >= 0.3 is 0 Å². The topological polar surface area (TPSA) is 124 Å². The van der Waals surface area contributed by atoms with Crippen molar-refractivity contribution in [1.82, 2.24) is 5.32 Å². The van der Waals surface area contributed by atoms with Gasteiger partial charge < -0.3 is 15.5 Å². The van der Waals surface area contributed by atoms with E-state index in [1.54, 1.807) is 0 Å². The molecule has 0 aliphatic rings. The van der Waals surface area contributed by atoms with Crippen LogP contribution in [-0.4, -0.2) is 53.1 Å². The summed E-state index contributed by atoms with van der Waals surface area (Å²) >= 11 is 0. The van der Waals surface area contributed by atoms with Crippen molar-refractivity contribution in [3.8, 4) is 0 Å². The van der Waals surface area contributed by atoms with E-state index in [1.807, 2.05) is 0 Å². The lowest BCUT2D eigenvalue weighted by atomic mass is 10.0. The van der Waals surface area contributed by atoms with Crippen molar-refractivity contribution in [3.05, 3.63) is 0 Å². The molecule has 0 bridgehead atoms. The Morgan fingerprint density at radius 1 is 0.639 bits per heavy atom. The number of rotatable bonds is 26. The van der Waals surface area contributed by atoms with Gasteiger partial charge in [0.05, 0.1) is 17.9 Å². The normalized spacial score (nSPS) is 14.5. The third kappa shape index (κ3) is 22.5. The van der Waals surface area contributed by atoms with Gasteiger partial charge in [-0.3, -0.25) is 9.35 Å². The highest BCUT2D eigenvalue weighted by Crippen LogP contribution is 2.15. The molecule has 0 rings (SSSR count).